The molecule has 1 N–H and O–H groups in total. The van der Waals surface area contributed by atoms with Crippen LogP contribution in [-0.2, 0) is 0 Å². The summed E-state index contributed by atoms with van der Waals surface area (Å²) in [4.78, 5) is 2.22. The molecule has 0 aliphatic carbocycles. The van der Waals surface area contributed by atoms with Crippen LogP contribution in [0.15, 0.2) is 0 Å². The molecule has 0 amide bonds. The lowest BCUT2D eigenvalue weighted by Gasteiger charge is -2.37. The molecule has 1 saturated heterocycles. The first kappa shape index (κ1) is 10.1. The molecule has 4 nitrogen and oxygen atoms in total. The normalized spacial score (nSPS) is 28.1. The number of hydrogen-bond acceptors (Lipinski definition) is 5. The Kier molecular flexibility index (Phi) is 2.90. The molecule has 6 heteroatoms. The first-order valence-electron chi connectivity index (χ1n) is 4.66. The molecule has 78 valence electrons. The summed E-state index contributed by atoms with van der Waals surface area (Å²) >= 11 is 7.13. The van der Waals surface area contributed by atoms with Crippen LogP contribution in [0.4, 0.5) is 5.82 Å². The van der Waals surface area contributed by atoms with E-state index < -0.39 is 0 Å². The van der Waals surface area contributed by atoms with E-state index in [0.717, 1.165) is 18.9 Å². The van der Waals surface area contributed by atoms with Gasteiger partial charge in [0.15, 0.2) is 11.0 Å². The Balaban J connectivity index is 2.20. The summed E-state index contributed by atoms with van der Waals surface area (Å²) in [5.41, 5.74) is 0. The largest absolute Gasteiger partial charge is 0.348 e. The molecule has 1 fully saturated rings. The molecular weight excluding hydrogens is 220 g/mol. The average Bonchev–Trinajstić information content (AvgIpc) is 2.56. The summed E-state index contributed by atoms with van der Waals surface area (Å²) in [6.45, 7) is 6.22. The lowest BCUT2D eigenvalue weighted by Crippen LogP contribution is -2.54. The van der Waals surface area contributed by atoms with E-state index in [1.165, 1.54) is 11.7 Å². The molecule has 0 radical (unpaired) electrons. The molecule has 0 saturated carbocycles. The minimum Gasteiger partial charge on any atom is -0.348 e. The summed E-state index contributed by atoms with van der Waals surface area (Å²) in [5, 5.41) is 3.94. The van der Waals surface area contributed by atoms with Crippen molar-refractivity contribution in [3.63, 3.8) is 0 Å². The molecule has 1 aromatic rings. The van der Waals surface area contributed by atoms with E-state index in [2.05, 4.69) is 32.8 Å². The highest BCUT2D eigenvalue weighted by Crippen LogP contribution is 2.25. The van der Waals surface area contributed by atoms with Crippen molar-refractivity contribution >= 4 is 29.1 Å². The molecular formula is C8H13ClN4S. The standard InChI is InChI=1S/C8H13ClN4S/c1-5-4-13(6(2)3-10-5)8-7(9)11-14-12-8/h5-6,10H,3-4H2,1-2H3/t5-,6+/m1/s1. The molecule has 2 heterocycles. The maximum Gasteiger partial charge on any atom is 0.187 e. The Labute approximate surface area is 92.6 Å². The van der Waals surface area contributed by atoms with Crippen molar-refractivity contribution < 1.29 is 0 Å². The van der Waals surface area contributed by atoms with Crippen LogP contribution < -0.4 is 10.2 Å². The molecule has 1 aliphatic heterocycles. The Morgan fingerprint density at radius 2 is 2.29 bits per heavy atom. The summed E-state index contributed by atoms with van der Waals surface area (Å²) in [6, 6.07) is 0.900. The van der Waals surface area contributed by atoms with Gasteiger partial charge in [0.2, 0.25) is 0 Å². The predicted octanol–water partition coefficient (Wildman–Crippen LogP) is 1.38. The van der Waals surface area contributed by atoms with Gasteiger partial charge in [-0.15, -0.1) is 0 Å². The van der Waals surface area contributed by atoms with E-state index in [0.29, 0.717) is 17.2 Å². The fourth-order valence-corrected chi connectivity index (χ4v) is 2.42. The van der Waals surface area contributed by atoms with Crippen molar-refractivity contribution in [2.75, 3.05) is 18.0 Å². The number of rotatable bonds is 1. The number of nitrogens with one attached hydrogen (secondary N) is 1. The second kappa shape index (κ2) is 4.00. The van der Waals surface area contributed by atoms with Crippen LogP contribution in [0, 0.1) is 0 Å². The SMILES string of the molecule is C[C@@H]1CN(c2nsnc2Cl)[C@@H](C)CN1. The molecule has 1 aliphatic rings. The van der Waals surface area contributed by atoms with Gasteiger partial charge < -0.3 is 10.2 Å². The second-order valence-electron chi connectivity index (χ2n) is 3.69. The number of piperazine rings is 1. The summed E-state index contributed by atoms with van der Waals surface area (Å²) in [7, 11) is 0. The maximum atomic E-state index is 5.96. The van der Waals surface area contributed by atoms with Crippen LogP contribution in [0.5, 0.6) is 0 Å². The van der Waals surface area contributed by atoms with E-state index in [-0.39, 0.29) is 0 Å². The highest BCUT2D eigenvalue weighted by Gasteiger charge is 2.26. The lowest BCUT2D eigenvalue weighted by atomic mass is 10.1. The lowest BCUT2D eigenvalue weighted by molar-refractivity contribution is 0.423. The molecule has 0 bridgehead atoms. The van der Waals surface area contributed by atoms with Crippen LogP contribution in [0.2, 0.25) is 5.15 Å². The van der Waals surface area contributed by atoms with Gasteiger partial charge in [0.1, 0.15) is 0 Å². The molecule has 0 unspecified atom stereocenters. The fraction of sp³-hybridized carbons (Fsp3) is 0.750. The Bertz CT molecular complexity index is 316. The first-order valence-corrected chi connectivity index (χ1v) is 5.77. The summed E-state index contributed by atoms with van der Waals surface area (Å²) in [5.74, 6) is 0.831. The van der Waals surface area contributed by atoms with Gasteiger partial charge in [-0.25, -0.2) is 0 Å². The van der Waals surface area contributed by atoms with Gasteiger partial charge >= 0.3 is 0 Å². The second-order valence-corrected chi connectivity index (χ2v) is 4.58. The monoisotopic (exact) mass is 232 g/mol. The van der Waals surface area contributed by atoms with E-state index in [1.54, 1.807) is 0 Å². The Morgan fingerprint density at radius 3 is 2.93 bits per heavy atom. The van der Waals surface area contributed by atoms with Crippen LogP contribution >= 0.6 is 23.3 Å². The zero-order valence-electron chi connectivity index (χ0n) is 8.20. The molecule has 0 aromatic carbocycles. The molecule has 2 rings (SSSR count). The van der Waals surface area contributed by atoms with Crippen LogP contribution in [0.3, 0.4) is 0 Å². The zero-order chi connectivity index (χ0) is 10.1. The van der Waals surface area contributed by atoms with Crippen molar-refractivity contribution in [2.24, 2.45) is 0 Å². The smallest absolute Gasteiger partial charge is 0.187 e. The number of hydrogen-bond donors (Lipinski definition) is 1. The van der Waals surface area contributed by atoms with Crippen molar-refractivity contribution in [3.05, 3.63) is 5.15 Å². The molecule has 14 heavy (non-hydrogen) atoms. The minimum atomic E-state index is 0.424. The predicted molar refractivity (Wildman–Crippen MR) is 59.2 cm³/mol. The van der Waals surface area contributed by atoms with E-state index in [4.69, 9.17) is 11.6 Å². The van der Waals surface area contributed by atoms with Crippen LogP contribution in [-0.4, -0.2) is 33.9 Å². The zero-order valence-corrected chi connectivity index (χ0v) is 9.77. The van der Waals surface area contributed by atoms with E-state index >= 15 is 0 Å². The highest BCUT2D eigenvalue weighted by atomic mass is 35.5. The molecule has 0 spiro atoms. The molecule has 2 atom stereocenters. The van der Waals surface area contributed by atoms with Gasteiger partial charge in [-0.1, -0.05) is 11.6 Å². The third-order valence-corrected chi connectivity index (χ3v) is 3.34. The minimum absolute atomic E-state index is 0.424. The van der Waals surface area contributed by atoms with Crippen molar-refractivity contribution in [3.8, 4) is 0 Å². The van der Waals surface area contributed by atoms with Crippen molar-refractivity contribution in [1.29, 1.82) is 0 Å². The van der Waals surface area contributed by atoms with Gasteiger partial charge in [0.05, 0.1) is 11.7 Å². The van der Waals surface area contributed by atoms with Gasteiger partial charge in [-0.3, -0.25) is 0 Å². The summed E-state index contributed by atoms with van der Waals surface area (Å²) < 4.78 is 8.21. The number of anilines is 1. The fourth-order valence-electron chi connectivity index (χ4n) is 1.66. The van der Waals surface area contributed by atoms with E-state index in [9.17, 15) is 0 Å². The quantitative estimate of drug-likeness (QED) is 0.795. The van der Waals surface area contributed by atoms with E-state index in [1.807, 2.05) is 0 Å². The topological polar surface area (TPSA) is 41.1 Å². The average molecular weight is 233 g/mol. The van der Waals surface area contributed by atoms with Crippen LogP contribution in [0.1, 0.15) is 13.8 Å². The molecule has 1 aromatic heterocycles. The first-order chi connectivity index (χ1) is 6.68. The van der Waals surface area contributed by atoms with Gasteiger partial charge in [0, 0.05) is 25.2 Å². The van der Waals surface area contributed by atoms with Crippen molar-refractivity contribution in [2.45, 2.75) is 25.9 Å². The third kappa shape index (κ3) is 1.85. The summed E-state index contributed by atoms with van der Waals surface area (Å²) in [6.07, 6.45) is 0. The number of nitrogens with zero attached hydrogens (tertiary/aromatic N) is 3. The third-order valence-electron chi connectivity index (χ3n) is 2.47. The Morgan fingerprint density at radius 1 is 1.50 bits per heavy atom. The van der Waals surface area contributed by atoms with Crippen LogP contribution in [0.25, 0.3) is 0 Å². The van der Waals surface area contributed by atoms with Gasteiger partial charge in [-0.2, -0.15) is 8.75 Å². The number of halogens is 1. The Hall–Kier alpha value is -0.390. The van der Waals surface area contributed by atoms with Crippen molar-refractivity contribution in [1.82, 2.24) is 14.1 Å². The number of aromatic nitrogens is 2. The highest BCUT2D eigenvalue weighted by molar-refractivity contribution is 6.99. The van der Waals surface area contributed by atoms with Gasteiger partial charge in [0.25, 0.3) is 0 Å². The van der Waals surface area contributed by atoms with Gasteiger partial charge in [-0.05, 0) is 13.8 Å². The maximum absolute atomic E-state index is 5.96.